The summed E-state index contributed by atoms with van der Waals surface area (Å²) in [7, 11) is 3.33. The Bertz CT molecular complexity index is 206. The zero-order valence-electron chi connectivity index (χ0n) is 8.56. The molecule has 0 radical (unpaired) electrons. The number of alkyl halides is 1. The van der Waals surface area contributed by atoms with Crippen molar-refractivity contribution in [3.8, 4) is 0 Å². The third-order valence-electron chi connectivity index (χ3n) is 1.69. The molecule has 0 fully saturated rings. The number of hydrogen-bond acceptors (Lipinski definition) is 3. The molecule has 4 heteroatoms. The van der Waals surface area contributed by atoms with E-state index in [0.717, 1.165) is 12.0 Å². The number of halogens is 1. The molecule has 0 rings (SSSR count). The summed E-state index contributed by atoms with van der Waals surface area (Å²) in [5.41, 5.74) is 1.53. The molecule has 0 aliphatic carbocycles. The van der Waals surface area contributed by atoms with Gasteiger partial charge in [-0.1, -0.05) is 6.92 Å². The first kappa shape index (κ1) is 12.5. The number of hydrogen-bond donors (Lipinski definition) is 0. The van der Waals surface area contributed by atoms with Crippen LogP contribution in [-0.4, -0.2) is 31.0 Å². The van der Waals surface area contributed by atoms with Gasteiger partial charge in [-0.2, -0.15) is 0 Å². The van der Waals surface area contributed by atoms with E-state index in [1.165, 1.54) is 5.06 Å². The van der Waals surface area contributed by atoms with Crippen molar-refractivity contribution in [3.05, 3.63) is 11.1 Å². The van der Waals surface area contributed by atoms with Gasteiger partial charge in [0.15, 0.2) is 0 Å². The van der Waals surface area contributed by atoms with Crippen molar-refractivity contribution in [1.82, 2.24) is 5.06 Å². The Balaban J connectivity index is 4.46. The van der Waals surface area contributed by atoms with Gasteiger partial charge in [-0.25, -0.2) is 4.79 Å². The van der Waals surface area contributed by atoms with E-state index in [0.29, 0.717) is 11.5 Å². The standard InChI is InChI=1S/C9H16ClNO2/c1-5-8(6-10)7(2)9(12)13-11(3)4/h5-6H2,1-4H3. The fourth-order valence-electron chi connectivity index (χ4n) is 0.839. The van der Waals surface area contributed by atoms with Crippen molar-refractivity contribution < 1.29 is 9.63 Å². The molecule has 0 aliphatic heterocycles. The molecule has 0 unspecified atom stereocenters. The van der Waals surface area contributed by atoms with Crippen LogP contribution in [0.4, 0.5) is 0 Å². The third-order valence-corrected chi connectivity index (χ3v) is 2.01. The zero-order chi connectivity index (χ0) is 10.4. The summed E-state index contributed by atoms with van der Waals surface area (Å²) in [5.74, 6) is 0.0488. The van der Waals surface area contributed by atoms with Gasteiger partial charge in [0, 0.05) is 25.5 Å². The van der Waals surface area contributed by atoms with Crippen LogP contribution in [-0.2, 0) is 9.63 Å². The molecule has 0 aromatic heterocycles. The van der Waals surface area contributed by atoms with Gasteiger partial charge < -0.3 is 4.84 Å². The van der Waals surface area contributed by atoms with Crippen LogP contribution in [0.2, 0.25) is 0 Å². The van der Waals surface area contributed by atoms with Crippen LogP contribution in [0.15, 0.2) is 11.1 Å². The first-order valence-electron chi connectivity index (χ1n) is 4.17. The highest BCUT2D eigenvalue weighted by molar-refractivity contribution is 6.19. The van der Waals surface area contributed by atoms with Gasteiger partial charge >= 0.3 is 5.97 Å². The van der Waals surface area contributed by atoms with E-state index in [2.05, 4.69) is 0 Å². The van der Waals surface area contributed by atoms with E-state index >= 15 is 0 Å². The monoisotopic (exact) mass is 205 g/mol. The molecule has 0 saturated carbocycles. The second-order valence-electron chi connectivity index (χ2n) is 2.91. The predicted octanol–water partition coefficient (Wildman–Crippen LogP) is 1.97. The summed E-state index contributed by atoms with van der Waals surface area (Å²) >= 11 is 5.66. The van der Waals surface area contributed by atoms with Gasteiger partial charge in [0.25, 0.3) is 0 Å². The van der Waals surface area contributed by atoms with Crippen LogP contribution in [0.1, 0.15) is 20.3 Å². The lowest BCUT2D eigenvalue weighted by Gasteiger charge is -2.11. The molecule has 0 heterocycles. The maximum Gasteiger partial charge on any atom is 0.352 e. The van der Waals surface area contributed by atoms with Gasteiger partial charge in [0.05, 0.1) is 0 Å². The average Bonchev–Trinajstić information content (AvgIpc) is 2.05. The highest BCUT2D eigenvalue weighted by atomic mass is 35.5. The van der Waals surface area contributed by atoms with Crippen molar-refractivity contribution in [2.75, 3.05) is 20.0 Å². The number of carbonyl (C=O) groups excluding carboxylic acids is 1. The molecule has 13 heavy (non-hydrogen) atoms. The lowest BCUT2D eigenvalue weighted by Crippen LogP contribution is -2.20. The lowest BCUT2D eigenvalue weighted by atomic mass is 10.1. The average molecular weight is 206 g/mol. The van der Waals surface area contributed by atoms with Crippen LogP contribution >= 0.6 is 11.6 Å². The number of carbonyl (C=O) groups is 1. The number of hydroxylamine groups is 2. The van der Waals surface area contributed by atoms with Gasteiger partial charge in [0.1, 0.15) is 0 Å². The van der Waals surface area contributed by atoms with Gasteiger partial charge in [-0.3, -0.25) is 0 Å². The topological polar surface area (TPSA) is 29.5 Å². The lowest BCUT2D eigenvalue weighted by molar-refractivity contribution is -0.173. The van der Waals surface area contributed by atoms with Crippen molar-refractivity contribution in [3.63, 3.8) is 0 Å². The molecule has 0 amide bonds. The van der Waals surface area contributed by atoms with E-state index < -0.39 is 0 Å². The number of allylic oxidation sites excluding steroid dienone is 1. The Hall–Kier alpha value is -0.540. The SMILES string of the molecule is CCC(CCl)=C(C)C(=O)ON(C)C. The molecule has 76 valence electrons. The van der Waals surface area contributed by atoms with Crippen LogP contribution in [0, 0.1) is 0 Å². The second-order valence-corrected chi connectivity index (χ2v) is 3.17. The Morgan fingerprint density at radius 1 is 1.46 bits per heavy atom. The molecule has 0 N–H and O–H groups in total. The van der Waals surface area contributed by atoms with E-state index in [1.807, 2.05) is 6.92 Å². The van der Waals surface area contributed by atoms with Gasteiger partial charge in [-0.15, -0.1) is 16.7 Å². The Labute approximate surface area is 84.3 Å². The van der Waals surface area contributed by atoms with Crippen LogP contribution in [0.5, 0.6) is 0 Å². The number of nitrogens with zero attached hydrogens (tertiary/aromatic N) is 1. The normalized spacial score (nSPS) is 12.8. The summed E-state index contributed by atoms with van der Waals surface area (Å²) in [4.78, 5) is 16.2. The first-order chi connectivity index (χ1) is 6.02. The van der Waals surface area contributed by atoms with Gasteiger partial charge in [-0.05, 0) is 18.9 Å². The van der Waals surface area contributed by atoms with Gasteiger partial charge in [0.2, 0.25) is 0 Å². The minimum atomic E-state index is -0.331. The molecular formula is C9H16ClNO2. The predicted molar refractivity (Wildman–Crippen MR) is 53.5 cm³/mol. The van der Waals surface area contributed by atoms with Crippen molar-refractivity contribution in [2.24, 2.45) is 0 Å². The molecule has 0 saturated heterocycles. The maximum atomic E-state index is 11.3. The molecular weight excluding hydrogens is 190 g/mol. The van der Waals surface area contributed by atoms with Crippen molar-refractivity contribution >= 4 is 17.6 Å². The molecule has 0 bridgehead atoms. The highest BCUT2D eigenvalue weighted by Crippen LogP contribution is 2.11. The third kappa shape index (κ3) is 4.29. The Morgan fingerprint density at radius 2 is 2.00 bits per heavy atom. The van der Waals surface area contributed by atoms with Crippen LogP contribution in [0.3, 0.4) is 0 Å². The van der Waals surface area contributed by atoms with E-state index in [4.69, 9.17) is 16.4 Å². The zero-order valence-corrected chi connectivity index (χ0v) is 9.31. The summed E-state index contributed by atoms with van der Waals surface area (Å²) in [6.07, 6.45) is 0.776. The molecule has 0 aromatic rings. The number of rotatable bonds is 4. The minimum Gasteiger partial charge on any atom is -0.365 e. The van der Waals surface area contributed by atoms with Crippen LogP contribution in [0.25, 0.3) is 0 Å². The molecule has 0 aromatic carbocycles. The summed E-state index contributed by atoms with van der Waals surface area (Å²) in [5, 5.41) is 1.37. The largest absolute Gasteiger partial charge is 0.365 e. The van der Waals surface area contributed by atoms with E-state index in [9.17, 15) is 4.79 Å². The summed E-state index contributed by atoms with van der Waals surface area (Å²) < 4.78 is 0. The fraction of sp³-hybridized carbons (Fsp3) is 0.667. The van der Waals surface area contributed by atoms with Crippen LogP contribution < -0.4 is 0 Å². The van der Waals surface area contributed by atoms with Crippen molar-refractivity contribution in [1.29, 1.82) is 0 Å². The van der Waals surface area contributed by atoms with E-state index in [1.54, 1.807) is 21.0 Å². The molecule has 0 atom stereocenters. The van der Waals surface area contributed by atoms with E-state index in [-0.39, 0.29) is 5.97 Å². The second kappa shape index (κ2) is 6.00. The quantitative estimate of drug-likeness (QED) is 0.399. The summed E-state index contributed by atoms with van der Waals surface area (Å²) in [6.45, 7) is 3.69. The Morgan fingerprint density at radius 3 is 2.31 bits per heavy atom. The fourth-order valence-corrected chi connectivity index (χ4v) is 1.23. The first-order valence-corrected chi connectivity index (χ1v) is 4.70. The molecule has 0 spiro atoms. The molecule has 3 nitrogen and oxygen atoms in total. The maximum absolute atomic E-state index is 11.3. The summed E-state index contributed by atoms with van der Waals surface area (Å²) in [6, 6.07) is 0. The Kier molecular flexibility index (Phi) is 5.75. The van der Waals surface area contributed by atoms with Crippen molar-refractivity contribution in [2.45, 2.75) is 20.3 Å². The smallest absolute Gasteiger partial charge is 0.352 e. The molecule has 0 aliphatic rings. The minimum absolute atomic E-state index is 0.331. The highest BCUT2D eigenvalue weighted by Gasteiger charge is 2.11.